The lowest BCUT2D eigenvalue weighted by Crippen LogP contribution is -2.36. The van der Waals surface area contributed by atoms with Crippen LogP contribution in [-0.2, 0) is 4.79 Å². The molecule has 0 saturated carbocycles. The first-order valence-electron chi connectivity index (χ1n) is 6.54. The largest absolute Gasteiger partial charge is 0.367 e. The zero-order valence-electron chi connectivity index (χ0n) is 10.8. The highest BCUT2D eigenvalue weighted by atomic mass is 16.2. The summed E-state index contributed by atoms with van der Waals surface area (Å²) >= 11 is 0. The Hall–Kier alpha value is -2.16. The van der Waals surface area contributed by atoms with Crippen LogP contribution >= 0.6 is 0 Å². The normalized spacial score (nSPS) is 14.8. The van der Waals surface area contributed by atoms with Gasteiger partial charge in [-0.2, -0.15) is 5.26 Å². The number of amides is 1. The number of anilines is 1. The molecule has 19 heavy (non-hydrogen) atoms. The van der Waals surface area contributed by atoms with Crippen molar-refractivity contribution >= 4 is 11.7 Å². The van der Waals surface area contributed by atoms with Gasteiger partial charge in [-0.05, 0) is 19.3 Å². The first-order valence-corrected chi connectivity index (χ1v) is 6.54. The van der Waals surface area contributed by atoms with Crippen LogP contribution in [0.4, 0.5) is 5.82 Å². The predicted molar refractivity (Wildman–Crippen MR) is 70.3 cm³/mol. The predicted octanol–water partition coefficient (Wildman–Crippen LogP) is 1.16. The molecule has 1 amide bonds. The Morgan fingerprint density at radius 1 is 1.32 bits per heavy atom. The van der Waals surface area contributed by atoms with Crippen LogP contribution in [0.3, 0.4) is 0 Å². The summed E-state index contributed by atoms with van der Waals surface area (Å²) in [5, 5.41) is 11.9. The maximum atomic E-state index is 11.9. The van der Waals surface area contributed by atoms with Crippen LogP contribution < -0.4 is 5.32 Å². The molecule has 6 nitrogen and oxygen atoms in total. The van der Waals surface area contributed by atoms with Crippen molar-refractivity contribution in [2.75, 3.05) is 25.0 Å². The van der Waals surface area contributed by atoms with E-state index in [4.69, 9.17) is 5.26 Å². The van der Waals surface area contributed by atoms with E-state index in [0.717, 1.165) is 25.9 Å². The highest BCUT2D eigenvalue weighted by Gasteiger charge is 2.15. The van der Waals surface area contributed by atoms with Gasteiger partial charge in [0.1, 0.15) is 6.07 Å². The Labute approximate surface area is 112 Å². The number of hydrogen-bond acceptors (Lipinski definition) is 5. The topological polar surface area (TPSA) is 81.9 Å². The highest BCUT2D eigenvalue weighted by Crippen LogP contribution is 2.10. The summed E-state index contributed by atoms with van der Waals surface area (Å²) in [7, 11) is 0. The molecular weight excluding hydrogens is 242 g/mol. The molecule has 0 aliphatic carbocycles. The van der Waals surface area contributed by atoms with Gasteiger partial charge < -0.3 is 10.2 Å². The van der Waals surface area contributed by atoms with Crippen molar-refractivity contribution in [1.82, 2.24) is 14.9 Å². The first-order chi connectivity index (χ1) is 9.31. The molecule has 0 bridgehead atoms. The Bertz CT molecular complexity index is 476. The third-order valence-corrected chi connectivity index (χ3v) is 3.14. The summed E-state index contributed by atoms with van der Waals surface area (Å²) in [5.41, 5.74) is 0.257. The summed E-state index contributed by atoms with van der Waals surface area (Å²) in [6.45, 7) is 2.21. The molecule has 0 unspecified atom stereocenters. The quantitative estimate of drug-likeness (QED) is 0.877. The second-order valence-electron chi connectivity index (χ2n) is 4.48. The third kappa shape index (κ3) is 3.65. The molecule has 0 atom stereocenters. The summed E-state index contributed by atoms with van der Waals surface area (Å²) in [5.74, 6) is 0.603. The van der Waals surface area contributed by atoms with E-state index in [0.29, 0.717) is 18.8 Å². The van der Waals surface area contributed by atoms with Gasteiger partial charge in [-0.25, -0.2) is 9.97 Å². The molecule has 0 radical (unpaired) electrons. The number of piperidine rings is 1. The van der Waals surface area contributed by atoms with Crippen LogP contribution in [0.15, 0.2) is 12.4 Å². The van der Waals surface area contributed by atoms with Crippen molar-refractivity contribution in [3.05, 3.63) is 18.1 Å². The molecule has 100 valence electrons. The standard InChI is InChI=1S/C13H17N5O/c14-10-11-13(17-7-6-15-11)16-5-4-12(19)18-8-2-1-3-9-18/h6-7H,1-5,8-9H2,(H,16,17). The fourth-order valence-electron chi connectivity index (χ4n) is 2.14. The Kier molecular flexibility index (Phi) is 4.67. The van der Waals surface area contributed by atoms with Crippen LogP contribution in [0.1, 0.15) is 31.4 Å². The Morgan fingerprint density at radius 3 is 2.79 bits per heavy atom. The van der Waals surface area contributed by atoms with E-state index in [1.165, 1.54) is 18.8 Å². The van der Waals surface area contributed by atoms with Gasteiger partial charge in [0.05, 0.1) is 0 Å². The van der Waals surface area contributed by atoms with Gasteiger partial charge >= 0.3 is 0 Å². The monoisotopic (exact) mass is 259 g/mol. The van der Waals surface area contributed by atoms with Gasteiger partial charge in [-0.15, -0.1) is 0 Å². The second kappa shape index (κ2) is 6.69. The van der Waals surface area contributed by atoms with Crippen molar-refractivity contribution in [1.29, 1.82) is 5.26 Å². The number of nitrogens with one attached hydrogen (secondary N) is 1. The van der Waals surface area contributed by atoms with Crippen molar-refractivity contribution < 1.29 is 4.79 Å². The Morgan fingerprint density at radius 2 is 2.05 bits per heavy atom. The number of aromatic nitrogens is 2. The number of nitrogens with zero attached hydrogens (tertiary/aromatic N) is 4. The number of rotatable bonds is 4. The molecule has 0 spiro atoms. The van der Waals surface area contributed by atoms with Gasteiger partial charge in [0, 0.05) is 38.4 Å². The fraction of sp³-hybridized carbons (Fsp3) is 0.538. The van der Waals surface area contributed by atoms with Crippen LogP contribution in [0.25, 0.3) is 0 Å². The lowest BCUT2D eigenvalue weighted by atomic mass is 10.1. The zero-order valence-corrected chi connectivity index (χ0v) is 10.8. The zero-order chi connectivity index (χ0) is 13.5. The summed E-state index contributed by atoms with van der Waals surface area (Å²) in [6.07, 6.45) is 6.83. The lowest BCUT2D eigenvalue weighted by Gasteiger charge is -2.26. The third-order valence-electron chi connectivity index (χ3n) is 3.14. The van der Waals surface area contributed by atoms with Crippen LogP contribution in [0.2, 0.25) is 0 Å². The maximum Gasteiger partial charge on any atom is 0.224 e. The van der Waals surface area contributed by atoms with Gasteiger partial charge in [-0.1, -0.05) is 0 Å². The second-order valence-corrected chi connectivity index (χ2v) is 4.48. The molecule has 1 aliphatic heterocycles. The molecular formula is C13H17N5O. The van der Waals surface area contributed by atoms with Gasteiger partial charge in [0.25, 0.3) is 0 Å². The lowest BCUT2D eigenvalue weighted by molar-refractivity contribution is -0.131. The van der Waals surface area contributed by atoms with Gasteiger partial charge in [0.2, 0.25) is 5.91 Å². The molecule has 1 aromatic heterocycles. The maximum absolute atomic E-state index is 11.9. The fourth-order valence-corrected chi connectivity index (χ4v) is 2.14. The van der Waals surface area contributed by atoms with E-state index >= 15 is 0 Å². The molecule has 1 N–H and O–H groups in total. The van der Waals surface area contributed by atoms with Gasteiger partial charge in [0.15, 0.2) is 11.5 Å². The minimum absolute atomic E-state index is 0.162. The van der Waals surface area contributed by atoms with E-state index in [2.05, 4.69) is 15.3 Å². The van der Waals surface area contributed by atoms with Crippen LogP contribution in [-0.4, -0.2) is 40.4 Å². The molecule has 2 rings (SSSR count). The van der Waals surface area contributed by atoms with E-state index in [1.807, 2.05) is 11.0 Å². The molecule has 2 heterocycles. The van der Waals surface area contributed by atoms with E-state index in [9.17, 15) is 4.79 Å². The number of carbonyl (C=O) groups is 1. The van der Waals surface area contributed by atoms with Crippen molar-refractivity contribution in [3.8, 4) is 6.07 Å². The molecule has 1 fully saturated rings. The summed E-state index contributed by atoms with van der Waals surface area (Å²) in [6, 6.07) is 1.97. The minimum atomic E-state index is 0.162. The number of nitriles is 1. The summed E-state index contributed by atoms with van der Waals surface area (Å²) < 4.78 is 0. The number of likely N-dealkylation sites (tertiary alicyclic amines) is 1. The van der Waals surface area contributed by atoms with Crippen molar-refractivity contribution in [3.63, 3.8) is 0 Å². The highest BCUT2D eigenvalue weighted by molar-refractivity contribution is 5.76. The first kappa shape index (κ1) is 13.3. The van der Waals surface area contributed by atoms with Crippen molar-refractivity contribution in [2.24, 2.45) is 0 Å². The Balaban J connectivity index is 1.80. The van der Waals surface area contributed by atoms with E-state index in [1.54, 1.807) is 0 Å². The summed E-state index contributed by atoms with van der Waals surface area (Å²) in [4.78, 5) is 21.8. The average Bonchev–Trinajstić information content (AvgIpc) is 2.48. The SMILES string of the molecule is N#Cc1nccnc1NCCC(=O)N1CCCCC1. The van der Waals surface area contributed by atoms with Crippen LogP contribution in [0, 0.1) is 11.3 Å². The number of carbonyl (C=O) groups excluding carboxylic acids is 1. The molecule has 6 heteroatoms. The minimum Gasteiger partial charge on any atom is -0.367 e. The average molecular weight is 259 g/mol. The van der Waals surface area contributed by atoms with Crippen molar-refractivity contribution in [2.45, 2.75) is 25.7 Å². The smallest absolute Gasteiger partial charge is 0.224 e. The van der Waals surface area contributed by atoms with E-state index in [-0.39, 0.29) is 11.6 Å². The van der Waals surface area contributed by atoms with Gasteiger partial charge in [-0.3, -0.25) is 4.79 Å². The molecule has 1 aromatic rings. The molecule has 1 aliphatic rings. The van der Waals surface area contributed by atoms with E-state index < -0.39 is 0 Å². The molecule has 0 aromatic carbocycles. The number of hydrogen-bond donors (Lipinski definition) is 1. The molecule has 1 saturated heterocycles. The van der Waals surface area contributed by atoms with Crippen LogP contribution in [0.5, 0.6) is 0 Å².